The highest BCUT2D eigenvalue weighted by atomic mass is 16.3. The smallest absolute Gasteiger partial charge is 0.0621 e. The maximum absolute atomic E-state index is 9.69. The zero-order valence-corrected chi connectivity index (χ0v) is 10.3. The highest BCUT2D eigenvalue weighted by Crippen LogP contribution is 2.44. The number of rotatable bonds is 3. The topological polar surface area (TPSA) is 32.3 Å². The number of aliphatic hydroxyl groups excluding tert-OH is 1. The van der Waals surface area contributed by atoms with Gasteiger partial charge in [-0.25, -0.2) is 0 Å². The molecule has 90 valence electrons. The molecule has 0 amide bonds. The van der Waals surface area contributed by atoms with Crippen LogP contribution < -0.4 is 5.32 Å². The van der Waals surface area contributed by atoms with Crippen LogP contribution in [0.15, 0.2) is 12.2 Å². The average molecular weight is 221 g/mol. The van der Waals surface area contributed by atoms with Gasteiger partial charge in [-0.3, -0.25) is 0 Å². The van der Waals surface area contributed by atoms with Crippen LogP contribution in [0, 0.1) is 23.2 Å². The minimum absolute atomic E-state index is 0.0768. The van der Waals surface area contributed by atoms with E-state index in [1.807, 2.05) is 0 Å². The summed E-state index contributed by atoms with van der Waals surface area (Å²) in [6.45, 7) is 5.48. The summed E-state index contributed by atoms with van der Waals surface area (Å²) >= 11 is 0. The van der Waals surface area contributed by atoms with Crippen LogP contribution in [0.25, 0.3) is 0 Å². The Labute approximate surface area is 98.1 Å². The summed E-state index contributed by atoms with van der Waals surface area (Å²) in [5.74, 6) is 2.56. The van der Waals surface area contributed by atoms with Crippen molar-refractivity contribution in [2.45, 2.75) is 45.3 Å². The standard InChI is InChI=1S/C14H23NO/c1-14(2)12(7-13(14)16)15-8-11-6-9-3-4-10(11)5-9/h3-4,9-13,15-16H,5-8H2,1-2H3. The molecule has 2 nitrogen and oxygen atoms in total. The molecule has 16 heavy (non-hydrogen) atoms. The summed E-state index contributed by atoms with van der Waals surface area (Å²) in [7, 11) is 0. The molecule has 0 saturated heterocycles. The van der Waals surface area contributed by atoms with Crippen molar-refractivity contribution in [3.05, 3.63) is 12.2 Å². The van der Waals surface area contributed by atoms with E-state index in [2.05, 4.69) is 31.3 Å². The minimum Gasteiger partial charge on any atom is -0.392 e. The number of nitrogens with one attached hydrogen (secondary N) is 1. The molecule has 3 aliphatic rings. The zero-order chi connectivity index (χ0) is 11.3. The van der Waals surface area contributed by atoms with Crippen LogP contribution in [-0.4, -0.2) is 23.8 Å². The van der Waals surface area contributed by atoms with Crippen molar-refractivity contribution >= 4 is 0 Å². The third-order valence-electron chi connectivity index (χ3n) is 5.26. The van der Waals surface area contributed by atoms with Crippen LogP contribution >= 0.6 is 0 Å². The Morgan fingerprint density at radius 1 is 1.25 bits per heavy atom. The van der Waals surface area contributed by atoms with Crippen molar-refractivity contribution in [2.24, 2.45) is 23.2 Å². The second-order valence-corrected chi connectivity index (χ2v) is 6.57. The van der Waals surface area contributed by atoms with Gasteiger partial charge in [0, 0.05) is 11.5 Å². The largest absolute Gasteiger partial charge is 0.392 e. The van der Waals surface area contributed by atoms with Crippen molar-refractivity contribution in [1.82, 2.24) is 5.32 Å². The Morgan fingerprint density at radius 2 is 2.06 bits per heavy atom. The molecule has 5 atom stereocenters. The lowest BCUT2D eigenvalue weighted by atomic mass is 9.64. The quantitative estimate of drug-likeness (QED) is 0.714. The molecule has 3 aliphatic carbocycles. The Bertz CT molecular complexity index is 310. The first-order valence-corrected chi connectivity index (χ1v) is 6.67. The van der Waals surface area contributed by atoms with Crippen LogP contribution in [-0.2, 0) is 0 Å². The van der Waals surface area contributed by atoms with Gasteiger partial charge in [0.15, 0.2) is 0 Å². The maximum atomic E-state index is 9.69. The fraction of sp³-hybridized carbons (Fsp3) is 0.857. The summed E-state index contributed by atoms with van der Waals surface area (Å²) in [6.07, 6.45) is 8.42. The molecule has 3 rings (SSSR count). The van der Waals surface area contributed by atoms with Crippen LogP contribution in [0.1, 0.15) is 33.1 Å². The van der Waals surface area contributed by atoms with Gasteiger partial charge in [0.1, 0.15) is 0 Å². The Balaban J connectivity index is 1.50. The van der Waals surface area contributed by atoms with Gasteiger partial charge in [0.05, 0.1) is 6.10 Å². The van der Waals surface area contributed by atoms with Crippen LogP contribution in [0.2, 0.25) is 0 Å². The second kappa shape index (κ2) is 3.58. The van der Waals surface area contributed by atoms with Gasteiger partial charge < -0.3 is 10.4 Å². The lowest BCUT2D eigenvalue weighted by Gasteiger charge is -2.50. The van der Waals surface area contributed by atoms with E-state index in [-0.39, 0.29) is 11.5 Å². The van der Waals surface area contributed by atoms with Crippen molar-refractivity contribution in [2.75, 3.05) is 6.54 Å². The lowest BCUT2D eigenvalue weighted by Crippen LogP contribution is -2.60. The van der Waals surface area contributed by atoms with Crippen molar-refractivity contribution in [3.8, 4) is 0 Å². The summed E-state index contributed by atoms with van der Waals surface area (Å²) < 4.78 is 0. The molecular weight excluding hydrogens is 198 g/mol. The van der Waals surface area contributed by atoms with Crippen molar-refractivity contribution < 1.29 is 5.11 Å². The highest BCUT2D eigenvalue weighted by Gasteiger charge is 2.47. The Kier molecular flexibility index (Phi) is 2.41. The van der Waals surface area contributed by atoms with E-state index >= 15 is 0 Å². The average Bonchev–Trinajstić information content (AvgIpc) is 2.85. The van der Waals surface area contributed by atoms with Crippen molar-refractivity contribution in [3.63, 3.8) is 0 Å². The molecule has 2 fully saturated rings. The first kappa shape index (κ1) is 10.8. The van der Waals surface area contributed by atoms with Crippen LogP contribution in [0.4, 0.5) is 0 Å². The fourth-order valence-electron chi connectivity index (χ4n) is 3.67. The summed E-state index contributed by atoms with van der Waals surface area (Å²) in [5, 5.41) is 13.4. The number of fused-ring (bicyclic) bond motifs is 2. The van der Waals surface area contributed by atoms with E-state index < -0.39 is 0 Å². The predicted octanol–water partition coefficient (Wildman–Crippen LogP) is 1.95. The number of hydrogen-bond donors (Lipinski definition) is 2. The molecule has 2 N–H and O–H groups in total. The number of allylic oxidation sites excluding steroid dienone is 2. The number of hydrogen-bond acceptors (Lipinski definition) is 2. The van der Waals surface area contributed by atoms with E-state index in [4.69, 9.17) is 0 Å². The highest BCUT2D eigenvalue weighted by molar-refractivity contribution is 5.11. The second-order valence-electron chi connectivity index (χ2n) is 6.57. The SMILES string of the molecule is CC1(C)C(O)CC1NCC1CC2C=CC1C2. The van der Waals surface area contributed by atoms with E-state index in [1.54, 1.807) is 0 Å². The van der Waals surface area contributed by atoms with E-state index in [9.17, 15) is 5.11 Å². The molecule has 0 aromatic carbocycles. The third-order valence-corrected chi connectivity index (χ3v) is 5.26. The van der Waals surface area contributed by atoms with Crippen LogP contribution in [0.5, 0.6) is 0 Å². The number of aliphatic hydroxyl groups is 1. The third kappa shape index (κ3) is 1.54. The molecule has 2 saturated carbocycles. The molecule has 0 aromatic heterocycles. The summed E-state index contributed by atoms with van der Waals surface area (Å²) in [5.41, 5.74) is 0.0768. The molecule has 0 heterocycles. The van der Waals surface area contributed by atoms with E-state index in [0.29, 0.717) is 6.04 Å². The van der Waals surface area contributed by atoms with Gasteiger partial charge in [-0.15, -0.1) is 0 Å². The normalized spacial score (nSPS) is 48.3. The summed E-state index contributed by atoms with van der Waals surface area (Å²) in [4.78, 5) is 0. The van der Waals surface area contributed by atoms with Gasteiger partial charge in [-0.05, 0) is 43.6 Å². The monoisotopic (exact) mass is 221 g/mol. The van der Waals surface area contributed by atoms with Gasteiger partial charge in [0.25, 0.3) is 0 Å². The maximum Gasteiger partial charge on any atom is 0.0621 e. The van der Waals surface area contributed by atoms with Crippen LogP contribution in [0.3, 0.4) is 0 Å². The molecule has 0 aromatic rings. The fourth-order valence-corrected chi connectivity index (χ4v) is 3.67. The lowest BCUT2D eigenvalue weighted by molar-refractivity contribution is -0.0734. The molecule has 2 heteroatoms. The van der Waals surface area contributed by atoms with E-state index in [0.717, 1.165) is 30.7 Å². The zero-order valence-electron chi connectivity index (χ0n) is 10.3. The van der Waals surface area contributed by atoms with E-state index in [1.165, 1.54) is 12.8 Å². The molecule has 0 spiro atoms. The van der Waals surface area contributed by atoms with Gasteiger partial charge in [0.2, 0.25) is 0 Å². The van der Waals surface area contributed by atoms with Gasteiger partial charge in [-0.2, -0.15) is 0 Å². The predicted molar refractivity (Wildman–Crippen MR) is 65.0 cm³/mol. The molecule has 0 aliphatic heterocycles. The molecule has 0 radical (unpaired) electrons. The minimum atomic E-state index is -0.107. The Morgan fingerprint density at radius 3 is 2.56 bits per heavy atom. The summed E-state index contributed by atoms with van der Waals surface area (Å²) in [6, 6.07) is 0.519. The molecular formula is C14H23NO. The Hall–Kier alpha value is -0.340. The van der Waals surface area contributed by atoms with Crippen molar-refractivity contribution in [1.29, 1.82) is 0 Å². The molecule has 2 bridgehead atoms. The van der Waals surface area contributed by atoms with Gasteiger partial charge in [-0.1, -0.05) is 26.0 Å². The van der Waals surface area contributed by atoms with Gasteiger partial charge >= 0.3 is 0 Å². The first-order valence-electron chi connectivity index (χ1n) is 6.67. The molecule has 5 unspecified atom stereocenters. The first-order chi connectivity index (χ1) is 7.57.